The van der Waals surface area contributed by atoms with Crippen LogP contribution in [0.2, 0.25) is 0 Å². The highest BCUT2D eigenvalue weighted by atomic mass is 16.2. The molecule has 1 atom stereocenters. The Morgan fingerprint density at radius 2 is 1.64 bits per heavy atom. The maximum absolute atomic E-state index is 12.3. The summed E-state index contributed by atoms with van der Waals surface area (Å²) in [6.45, 7) is 2.18. The number of nitrogens with one attached hydrogen (secondary N) is 3. The normalized spacial score (nSPS) is 11.6. The lowest BCUT2D eigenvalue weighted by Crippen LogP contribution is -2.45. The molecule has 2 aromatic carbocycles. The largest absolute Gasteiger partial charge is 0.354 e. The standard InChI is InChI=1S/C22H24N4O2/c1-16(21(27)23-13-12-17-8-4-2-5-9-17)24-22(28)20-15-19(25-26-20)14-18-10-6-3-7-11-18/h2-11,15-16H,12-14H2,1H3,(H,23,27)(H,24,28)(H,25,26)/t16-/m0/s1. The Hall–Kier alpha value is -3.41. The zero-order valence-corrected chi connectivity index (χ0v) is 15.8. The second kappa shape index (κ2) is 9.50. The summed E-state index contributed by atoms with van der Waals surface area (Å²) in [6, 6.07) is 20.9. The molecule has 0 fully saturated rings. The lowest BCUT2D eigenvalue weighted by atomic mass is 10.1. The van der Waals surface area contributed by atoms with Crippen LogP contribution < -0.4 is 10.6 Å². The highest BCUT2D eigenvalue weighted by Gasteiger charge is 2.18. The zero-order chi connectivity index (χ0) is 19.8. The van der Waals surface area contributed by atoms with Crippen molar-refractivity contribution in [3.8, 4) is 0 Å². The first kappa shape index (κ1) is 19.4. The van der Waals surface area contributed by atoms with E-state index in [1.165, 1.54) is 0 Å². The van der Waals surface area contributed by atoms with E-state index in [1.54, 1.807) is 13.0 Å². The molecular formula is C22H24N4O2. The van der Waals surface area contributed by atoms with Crippen molar-refractivity contribution >= 4 is 11.8 Å². The molecule has 0 saturated carbocycles. The molecule has 144 valence electrons. The van der Waals surface area contributed by atoms with Crippen molar-refractivity contribution in [2.24, 2.45) is 0 Å². The van der Waals surface area contributed by atoms with Crippen LogP contribution in [0.5, 0.6) is 0 Å². The number of rotatable bonds is 8. The van der Waals surface area contributed by atoms with Gasteiger partial charge in [-0.3, -0.25) is 14.7 Å². The van der Waals surface area contributed by atoms with E-state index in [4.69, 9.17) is 0 Å². The topological polar surface area (TPSA) is 86.9 Å². The number of nitrogens with zero attached hydrogens (tertiary/aromatic N) is 1. The Morgan fingerprint density at radius 1 is 1.00 bits per heavy atom. The van der Waals surface area contributed by atoms with E-state index in [0.29, 0.717) is 13.0 Å². The van der Waals surface area contributed by atoms with E-state index in [-0.39, 0.29) is 17.5 Å². The number of carbonyl (C=O) groups excluding carboxylic acids is 2. The van der Waals surface area contributed by atoms with E-state index in [0.717, 1.165) is 23.2 Å². The molecule has 3 N–H and O–H groups in total. The van der Waals surface area contributed by atoms with E-state index in [1.807, 2.05) is 60.7 Å². The monoisotopic (exact) mass is 376 g/mol. The summed E-state index contributed by atoms with van der Waals surface area (Å²) >= 11 is 0. The Labute approximate surface area is 164 Å². The minimum absolute atomic E-state index is 0.218. The van der Waals surface area contributed by atoms with E-state index >= 15 is 0 Å². The fraction of sp³-hybridized carbons (Fsp3) is 0.227. The van der Waals surface area contributed by atoms with Gasteiger partial charge in [0, 0.05) is 18.7 Å². The van der Waals surface area contributed by atoms with Crippen LogP contribution in [-0.2, 0) is 17.6 Å². The highest BCUT2D eigenvalue weighted by Crippen LogP contribution is 2.08. The fourth-order valence-corrected chi connectivity index (χ4v) is 2.85. The molecule has 3 rings (SSSR count). The number of hydrogen-bond acceptors (Lipinski definition) is 3. The molecule has 0 aliphatic heterocycles. The number of amides is 2. The Morgan fingerprint density at radius 3 is 2.32 bits per heavy atom. The van der Waals surface area contributed by atoms with Gasteiger partial charge in [0.25, 0.3) is 5.91 Å². The van der Waals surface area contributed by atoms with Gasteiger partial charge in [0.1, 0.15) is 11.7 Å². The highest BCUT2D eigenvalue weighted by molar-refractivity contribution is 5.96. The van der Waals surface area contributed by atoms with Gasteiger partial charge >= 0.3 is 0 Å². The molecule has 2 amide bonds. The van der Waals surface area contributed by atoms with E-state index < -0.39 is 6.04 Å². The average Bonchev–Trinajstić information content (AvgIpc) is 3.18. The quantitative estimate of drug-likeness (QED) is 0.564. The zero-order valence-electron chi connectivity index (χ0n) is 15.8. The second-order valence-electron chi connectivity index (χ2n) is 6.66. The summed E-state index contributed by atoms with van der Waals surface area (Å²) < 4.78 is 0. The maximum Gasteiger partial charge on any atom is 0.272 e. The molecule has 0 aliphatic rings. The summed E-state index contributed by atoms with van der Waals surface area (Å²) in [4.78, 5) is 24.5. The van der Waals surface area contributed by atoms with Crippen molar-refractivity contribution in [1.29, 1.82) is 0 Å². The van der Waals surface area contributed by atoms with Crippen LogP contribution in [0.1, 0.15) is 34.2 Å². The molecule has 0 aliphatic carbocycles. The number of aromatic nitrogens is 2. The summed E-state index contributed by atoms with van der Waals surface area (Å²) in [6.07, 6.45) is 1.41. The Kier molecular flexibility index (Phi) is 6.57. The molecule has 0 bridgehead atoms. The van der Waals surface area contributed by atoms with Crippen molar-refractivity contribution in [3.63, 3.8) is 0 Å². The number of hydrogen-bond donors (Lipinski definition) is 3. The van der Waals surface area contributed by atoms with Crippen molar-refractivity contribution in [2.45, 2.75) is 25.8 Å². The first-order valence-electron chi connectivity index (χ1n) is 9.32. The smallest absolute Gasteiger partial charge is 0.272 e. The summed E-state index contributed by atoms with van der Waals surface area (Å²) in [5.74, 6) is -0.592. The number of benzene rings is 2. The van der Waals surface area contributed by atoms with Crippen molar-refractivity contribution < 1.29 is 9.59 Å². The van der Waals surface area contributed by atoms with Crippen LogP contribution >= 0.6 is 0 Å². The minimum atomic E-state index is -0.641. The van der Waals surface area contributed by atoms with Gasteiger partial charge in [-0.1, -0.05) is 60.7 Å². The molecule has 0 saturated heterocycles. The maximum atomic E-state index is 12.3. The van der Waals surface area contributed by atoms with Gasteiger partial charge in [0.2, 0.25) is 5.91 Å². The first-order chi connectivity index (χ1) is 13.6. The van der Waals surface area contributed by atoms with Crippen LogP contribution in [0.4, 0.5) is 0 Å². The first-order valence-corrected chi connectivity index (χ1v) is 9.32. The number of carbonyl (C=O) groups is 2. The summed E-state index contributed by atoms with van der Waals surface area (Å²) in [5, 5.41) is 12.5. The lowest BCUT2D eigenvalue weighted by Gasteiger charge is -2.13. The third-order valence-corrected chi connectivity index (χ3v) is 4.40. The van der Waals surface area contributed by atoms with Crippen molar-refractivity contribution in [1.82, 2.24) is 20.8 Å². The molecule has 28 heavy (non-hydrogen) atoms. The molecule has 0 radical (unpaired) electrons. The van der Waals surface area contributed by atoms with E-state index in [2.05, 4.69) is 20.8 Å². The Bertz CT molecular complexity index is 907. The van der Waals surface area contributed by atoms with Crippen LogP contribution in [0.15, 0.2) is 66.7 Å². The Balaban J connectivity index is 1.46. The van der Waals surface area contributed by atoms with Gasteiger partial charge in [-0.2, -0.15) is 5.10 Å². The third-order valence-electron chi connectivity index (χ3n) is 4.40. The summed E-state index contributed by atoms with van der Waals surface area (Å²) in [5.41, 5.74) is 3.40. The molecular weight excluding hydrogens is 352 g/mol. The SMILES string of the molecule is C[C@H](NC(=O)c1cc(Cc2ccccc2)[nH]n1)C(=O)NCCc1ccccc1. The van der Waals surface area contributed by atoms with Gasteiger partial charge < -0.3 is 10.6 Å². The van der Waals surface area contributed by atoms with Gasteiger partial charge in [-0.05, 0) is 30.5 Å². The van der Waals surface area contributed by atoms with Crippen LogP contribution in [-0.4, -0.2) is 34.6 Å². The minimum Gasteiger partial charge on any atom is -0.354 e. The molecule has 1 aromatic heterocycles. The number of H-pyrrole nitrogens is 1. The second-order valence-corrected chi connectivity index (χ2v) is 6.66. The fourth-order valence-electron chi connectivity index (χ4n) is 2.85. The van der Waals surface area contributed by atoms with Gasteiger partial charge in [0.15, 0.2) is 0 Å². The van der Waals surface area contributed by atoms with E-state index in [9.17, 15) is 9.59 Å². The lowest BCUT2D eigenvalue weighted by molar-refractivity contribution is -0.122. The molecule has 0 spiro atoms. The van der Waals surface area contributed by atoms with Crippen LogP contribution in [0.3, 0.4) is 0 Å². The average molecular weight is 376 g/mol. The van der Waals surface area contributed by atoms with Crippen LogP contribution in [0, 0.1) is 0 Å². The predicted molar refractivity (Wildman–Crippen MR) is 108 cm³/mol. The molecule has 0 unspecified atom stereocenters. The predicted octanol–water partition coefficient (Wildman–Crippen LogP) is 2.48. The molecule has 1 heterocycles. The van der Waals surface area contributed by atoms with Crippen LogP contribution in [0.25, 0.3) is 0 Å². The molecule has 6 nitrogen and oxygen atoms in total. The van der Waals surface area contributed by atoms with Crippen molar-refractivity contribution in [3.05, 3.63) is 89.2 Å². The van der Waals surface area contributed by atoms with Crippen molar-refractivity contribution in [2.75, 3.05) is 6.54 Å². The van der Waals surface area contributed by atoms with Gasteiger partial charge in [-0.25, -0.2) is 0 Å². The molecule has 3 aromatic rings. The third kappa shape index (κ3) is 5.54. The molecule has 6 heteroatoms. The van der Waals surface area contributed by atoms with Gasteiger partial charge in [0.05, 0.1) is 0 Å². The van der Waals surface area contributed by atoms with Gasteiger partial charge in [-0.15, -0.1) is 0 Å². The summed E-state index contributed by atoms with van der Waals surface area (Å²) in [7, 11) is 0. The number of aromatic amines is 1.